The fourth-order valence-corrected chi connectivity index (χ4v) is 8.59. The molecule has 6 rings (SSSR count). The number of nitrogens with zero attached hydrogens (tertiary/aromatic N) is 4. The zero-order valence-electron chi connectivity index (χ0n) is 28.8. The van der Waals surface area contributed by atoms with Gasteiger partial charge in [-0.05, 0) is 41.7 Å². The molecule has 0 bridgehead atoms. The van der Waals surface area contributed by atoms with Crippen molar-refractivity contribution < 1.29 is 40.7 Å². The first-order valence-electron chi connectivity index (χ1n) is 17.3. The van der Waals surface area contributed by atoms with Crippen molar-refractivity contribution in [3.8, 4) is 11.3 Å². The summed E-state index contributed by atoms with van der Waals surface area (Å²) in [4.78, 5) is 38.7. The van der Waals surface area contributed by atoms with Crippen molar-refractivity contribution in [1.29, 1.82) is 0 Å². The van der Waals surface area contributed by atoms with E-state index in [0.717, 1.165) is 11.1 Å². The minimum atomic E-state index is -4.61. The molecule has 2 amide bonds. The Hall–Kier alpha value is -4.64. The lowest BCUT2D eigenvalue weighted by Gasteiger charge is -2.41. The van der Waals surface area contributed by atoms with Crippen LogP contribution in [0.1, 0.15) is 34.9 Å². The summed E-state index contributed by atoms with van der Waals surface area (Å²) in [5.41, 5.74) is 2.85. The standard InChI is InChI=1S/C37H41F3N6O6S/c38-37(39,40)23-43-36(49)33-20-45(19-30-10-11-34(52-30)28-16-41-24-42-17-28)12-13-46(33)18-29(47)15-27(14-25-6-2-1-3-7-25)35(48)44-32-22-53(50,51)21-26-8-4-5-9-31(26)32/h1-11,16-17,24,27,29,32-33,47H,12-15,18-23H2,(H,43,49)(H,44,48)/t27-,29+,32?,33+/m1/s1. The van der Waals surface area contributed by atoms with Crippen molar-refractivity contribution in [3.05, 3.63) is 108 Å². The topological polar surface area (TPSA) is 158 Å². The zero-order chi connectivity index (χ0) is 37.6. The summed E-state index contributed by atoms with van der Waals surface area (Å²) >= 11 is 0. The number of β-amino-alcohol motifs (C(OH)–C–C–N with tert-alkyl or cyclic N) is 1. The van der Waals surface area contributed by atoms with Gasteiger partial charge in [0.2, 0.25) is 11.8 Å². The highest BCUT2D eigenvalue weighted by Crippen LogP contribution is 2.29. The number of aliphatic hydroxyl groups excluding tert-OH is 1. The van der Waals surface area contributed by atoms with Crippen LogP contribution >= 0.6 is 0 Å². The molecule has 2 aliphatic heterocycles. The molecule has 2 aliphatic rings. The van der Waals surface area contributed by atoms with Crippen molar-refractivity contribution in [3.63, 3.8) is 0 Å². The van der Waals surface area contributed by atoms with E-state index >= 15 is 0 Å². The maximum Gasteiger partial charge on any atom is 0.405 e. The molecular formula is C37H41F3N6O6S. The molecule has 0 spiro atoms. The summed E-state index contributed by atoms with van der Waals surface area (Å²) < 4.78 is 70.8. The Kier molecular flexibility index (Phi) is 11.9. The number of aromatic nitrogens is 2. The van der Waals surface area contributed by atoms with E-state index in [9.17, 15) is 36.3 Å². The third-order valence-corrected chi connectivity index (χ3v) is 11.1. The molecule has 2 aromatic carbocycles. The average Bonchev–Trinajstić information content (AvgIpc) is 3.59. The summed E-state index contributed by atoms with van der Waals surface area (Å²) in [6.07, 6.45) is -0.955. The summed E-state index contributed by atoms with van der Waals surface area (Å²) in [6.45, 7) is -0.580. The Morgan fingerprint density at radius 1 is 1.00 bits per heavy atom. The fraction of sp³-hybridized carbons (Fsp3) is 0.405. The highest BCUT2D eigenvalue weighted by Gasteiger charge is 2.38. The van der Waals surface area contributed by atoms with E-state index in [1.807, 2.05) is 40.5 Å². The van der Waals surface area contributed by atoms with Gasteiger partial charge in [-0.2, -0.15) is 13.2 Å². The molecule has 1 saturated heterocycles. The average molecular weight is 755 g/mol. The predicted molar refractivity (Wildman–Crippen MR) is 189 cm³/mol. The monoisotopic (exact) mass is 754 g/mol. The SMILES string of the molecule is O=C(NC1CS(=O)(=O)Cc2ccccc21)[C@H](Cc1ccccc1)C[C@H](O)CN1CCN(Cc2ccc(-c3cncnc3)o2)C[C@H]1C(=O)NCC(F)(F)F. The largest absolute Gasteiger partial charge is 0.460 e. The van der Waals surface area contributed by atoms with Gasteiger partial charge in [0.25, 0.3) is 0 Å². The molecule has 0 radical (unpaired) electrons. The molecule has 4 atom stereocenters. The van der Waals surface area contributed by atoms with Gasteiger partial charge in [0.15, 0.2) is 9.84 Å². The van der Waals surface area contributed by atoms with Gasteiger partial charge in [0.05, 0.1) is 35.8 Å². The van der Waals surface area contributed by atoms with Crippen molar-refractivity contribution >= 4 is 21.7 Å². The summed E-state index contributed by atoms with van der Waals surface area (Å²) in [7, 11) is -3.48. The third-order valence-electron chi connectivity index (χ3n) is 9.47. The Balaban J connectivity index is 1.15. The van der Waals surface area contributed by atoms with E-state index in [2.05, 4.69) is 15.3 Å². The first-order valence-corrected chi connectivity index (χ1v) is 19.1. The summed E-state index contributed by atoms with van der Waals surface area (Å²) in [6, 6.07) is 18.0. The van der Waals surface area contributed by atoms with Crippen LogP contribution in [0.25, 0.3) is 11.3 Å². The van der Waals surface area contributed by atoms with E-state index < -0.39 is 58.5 Å². The van der Waals surface area contributed by atoms with Gasteiger partial charge in [-0.15, -0.1) is 0 Å². The number of piperazine rings is 1. The maximum absolute atomic E-state index is 13.9. The molecule has 282 valence electrons. The second-order valence-corrected chi connectivity index (χ2v) is 15.7. The number of furan rings is 1. The lowest BCUT2D eigenvalue weighted by molar-refractivity contribution is -0.143. The van der Waals surface area contributed by atoms with Gasteiger partial charge in [0.1, 0.15) is 30.4 Å². The number of fused-ring (bicyclic) bond motifs is 1. The lowest BCUT2D eigenvalue weighted by Crippen LogP contribution is -2.60. The number of rotatable bonds is 13. The van der Waals surface area contributed by atoms with Crippen molar-refractivity contribution in [2.75, 3.05) is 38.5 Å². The van der Waals surface area contributed by atoms with Crippen molar-refractivity contribution in [1.82, 2.24) is 30.4 Å². The normalized spacial score (nSPS) is 20.2. The van der Waals surface area contributed by atoms with Crippen LogP contribution in [-0.2, 0) is 38.1 Å². The van der Waals surface area contributed by atoms with Crippen LogP contribution in [0.4, 0.5) is 13.2 Å². The Bertz CT molecular complexity index is 1960. The first kappa shape index (κ1) is 38.1. The van der Waals surface area contributed by atoms with Gasteiger partial charge in [-0.25, -0.2) is 18.4 Å². The quantitative estimate of drug-likeness (QED) is 0.185. The van der Waals surface area contributed by atoms with E-state index in [-0.39, 0.29) is 50.5 Å². The van der Waals surface area contributed by atoms with Crippen LogP contribution in [0.15, 0.2) is 89.9 Å². The molecule has 1 fully saturated rings. The highest BCUT2D eigenvalue weighted by atomic mass is 32.2. The second-order valence-electron chi connectivity index (χ2n) is 13.6. The molecule has 4 heterocycles. The Morgan fingerprint density at radius 3 is 2.49 bits per heavy atom. The van der Waals surface area contributed by atoms with E-state index in [0.29, 0.717) is 29.2 Å². The van der Waals surface area contributed by atoms with Crippen LogP contribution in [0, 0.1) is 5.92 Å². The van der Waals surface area contributed by atoms with Gasteiger partial charge in [0, 0.05) is 44.5 Å². The molecule has 2 aromatic heterocycles. The molecule has 1 unspecified atom stereocenters. The number of alkyl halides is 3. The van der Waals surface area contributed by atoms with Gasteiger partial charge < -0.3 is 20.2 Å². The smallest absolute Gasteiger partial charge is 0.405 e. The number of benzene rings is 2. The third kappa shape index (κ3) is 10.5. The minimum Gasteiger partial charge on any atom is -0.460 e. The van der Waals surface area contributed by atoms with Crippen LogP contribution in [-0.4, -0.2) is 102 Å². The van der Waals surface area contributed by atoms with Crippen molar-refractivity contribution in [2.45, 2.75) is 49.5 Å². The first-order chi connectivity index (χ1) is 25.3. The van der Waals surface area contributed by atoms with Gasteiger partial charge in [-0.1, -0.05) is 54.6 Å². The number of halogens is 3. The van der Waals surface area contributed by atoms with Gasteiger partial charge in [-0.3, -0.25) is 19.4 Å². The number of carbonyl (C=O) groups excluding carboxylic acids is 2. The lowest BCUT2D eigenvalue weighted by atomic mass is 9.91. The van der Waals surface area contributed by atoms with E-state index in [1.54, 1.807) is 53.7 Å². The molecule has 53 heavy (non-hydrogen) atoms. The number of hydrogen-bond acceptors (Lipinski definition) is 10. The number of amides is 2. The Morgan fingerprint density at radius 2 is 1.74 bits per heavy atom. The molecule has 16 heteroatoms. The fourth-order valence-electron chi connectivity index (χ4n) is 6.97. The summed E-state index contributed by atoms with van der Waals surface area (Å²) in [5.74, 6) is -1.30. The molecular weight excluding hydrogens is 714 g/mol. The number of sulfone groups is 1. The molecule has 0 saturated carbocycles. The maximum atomic E-state index is 13.9. The van der Waals surface area contributed by atoms with Crippen molar-refractivity contribution in [2.24, 2.45) is 5.92 Å². The number of hydrogen-bond donors (Lipinski definition) is 3. The minimum absolute atomic E-state index is 0.0443. The van der Waals surface area contributed by atoms with Crippen LogP contribution < -0.4 is 10.6 Å². The highest BCUT2D eigenvalue weighted by molar-refractivity contribution is 7.90. The van der Waals surface area contributed by atoms with Crippen LogP contribution in [0.3, 0.4) is 0 Å². The second kappa shape index (κ2) is 16.6. The van der Waals surface area contributed by atoms with Gasteiger partial charge >= 0.3 is 6.18 Å². The zero-order valence-corrected chi connectivity index (χ0v) is 29.6. The van der Waals surface area contributed by atoms with Crippen LogP contribution in [0.5, 0.6) is 0 Å². The number of nitrogens with one attached hydrogen (secondary N) is 2. The molecule has 12 nitrogen and oxygen atoms in total. The Labute approximate surface area is 305 Å². The van der Waals surface area contributed by atoms with Crippen LogP contribution in [0.2, 0.25) is 0 Å². The molecule has 4 aromatic rings. The molecule has 0 aliphatic carbocycles. The predicted octanol–water partition coefficient (Wildman–Crippen LogP) is 3.30. The molecule has 3 N–H and O–H groups in total. The van der Waals surface area contributed by atoms with E-state index in [4.69, 9.17) is 4.42 Å². The van der Waals surface area contributed by atoms with E-state index in [1.165, 1.54) is 6.33 Å². The number of aliphatic hydroxyl groups is 1. The summed E-state index contributed by atoms with van der Waals surface area (Å²) in [5, 5.41) is 16.4. The number of carbonyl (C=O) groups is 2.